The highest BCUT2D eigenvalue weighted by Crippen LogP contribution is 2.30. The number of rotatable bonds is 7. The van der Waals surface area contributed by atoms with E-state index in [1.807, 2.05) is 12.1 Å². The lowest BCUT2D eigenvalue weighted by atomic mass is 10.1. The summed E-state index contributed by atoms with van der Waals surface area (Å²) in [5.41, 5.74) is 1.98. The Morgan fingerprint density at radius 3 is 2.32 bits per heavy atom. The number of amides is 1. The maximum Gasteiger partial charge on any atom is 0.271 e. The number of hydrogen-bond acceptors (Lipinski definition) is 6. The van der Waals surface area contributed by atoms with Crippen LogP contribution in [0.3, 0.4) is 0 Å². The molecule has 0 aliphatic carbocycles. The minimum Gasteiger partial charge on any atom is -0.372 e. The molecule has 1 aliphatic heterocycles. The second-order valence-electron chi connectivity index (χ2n) is 7.69. The first-order valence-corrected chi connectivity index (χ1v) is 11.8. The van der Waals surface area contributed by atoms with Gasteiger partial charge in [0.1, 0.15) is 6.04 Å². The van der Waals surface area contributed by atoms with Crippen LogP contribution in [-0.4, -0.2) is 44.6 Å². The lowest BCUT2D eigenvalue weighted by Gasteiger charge is -2.29. The van der Waals surface area contributed by atoms with Crippen molar-refractivity contribution < 1.29 is 18.1 Å². The molecular weight excluding hydrogens is 420 g/mol. The molecule has 1 saturated heterocycles. The number of nitrogens with zero attached hydrogens (tertiary/aromatic N) is 3. The predicted octanol–water partition coefficient (Wildman–Crippen LogP) is 3.30. The standard InChI is InChI=1S/C21H26N4O5S/c1-15-6-9-19(25(27)28)14-20(15)24(31(3,29)30)16(2)21(26)22-17-7-10-18(11-8-17)23-12-4-5-13-23/h6-11,14,16H,4-5,12-13H2,1-3H3,(H,22,26). The lowest BCUT2D eigenvalue weighted by Crippen LogP contribution is -2.45. The van der Waals surface area contributed by atoms with Crippen molar-refractivity contribution >= 4 is 38.7 Å². The quantitative estimate of drug-likeness (QED) is 0.516. The van der Waals surface area contributed by atoms with Crippen LogP contribution in [0.4, 0.5) is 22.7 Å². The summed E-state index contributed by atoms with van der Waals surface area (Å²) in [7, 11) is -3.89. The fourth-order valence-corrected chi connectivity index (χ4v) is 4.93. The molecule has 2 aromatic carbocycles. The summed E-state index contributed by atoms with van der Waals surface area (Å²) in [6.45, 7) is 5.11. The maximum absolute atomic E-state index is 12.9. The van der Waals surface area contributed by atoms with E-state index in [-0.39, 0.29) is 11.4 Å². The Labute approximate surface area is 181 Å². The van der Waals surface area contributed by atoms with Crippen molar-refractivity contribution in [3.05, 3.63) is 58.1 Å². The Kier molecular flexibility index (Phi) is 6.49. The van der Waals surface area contributed by atoms with Gasteiger partial charge in [-0.05, 0) is 56.5 Å². The molecule has 0 aromatic heterocycles. The van der Waals surface area contributed by atoms with Crippen molar-refractivity contribution in [3.63, 3.8) is 0 Å². The van der Waals surface area contributed by atoms with Crippen LogP contribution < -0.4 is 14.5 Å². The zero-order chi connectivity index (χ0) is 22.8. The molecule has 1 unspecified atom stereocenters. The SMILES string of the molecule is Cc1ccc([N+](=O)[O-])cc1N(C(C)C(=O)Nc1ccc(N2CCCC2)cc1)S(C)(=O)=O. The molecule has 10 heteroatoms. The zero-order valence-corrected chi connectivity index (χ0v) is 18.6. The molecule has 166 valence electrons. The second kappa shape index (κ2) is 8.93. The van der Waals surface area contributed by atoms with Gasteiger partial charge in [-0.15, -0.1) is 0 Å². The van der Waals surface area contributed by atoms with E-state index < -0.39 is 26.9 Å². The second-order valence-corrected chi connectivity index (χ2v) is 9.55. The summed E-state index contributed by atoms with van der Waals surface area (Å²) in [5.74, 6) is -0.537. The van der Waals surface area contributed by atoms with Gasteiger partial charge in [-0.2, -0.15) is 0 Å². The normalized spacial score (nSPS) is 14.9. The predicted molar refractivity (Wildman–Crippen MR) is 121 cm³/mol. The fraction of sp³-hybridized carbons (Fsp3) is 0.381. The first-order valence-electron chi connectivity index (χ1n) is 9.98. The maximum atomic E-state index is 12.9. The van der Waals surface area contributed by atoms with Crippen molar-refractivity contribution in [2.75, 3.05) is 33.9 Å². The van der Waals surface area contributed by atoms with Crippen LogP contribution >= 0.6 is 0 Å². The Morgan fingerprint density at radius 2 is 1.77 bits per heavy atom. The van der Waals surface area contributed by atoms with Gasteiger partial charge >= 0.3 is 0 Å². The number of anilines is 3. The van der Waals surface area contributed by atoms with E-state index in [1.54, 1.807) is 19.1 Å². The number of nitrogens with one attached hydrogen (secondary N) is 1. The van der Waals surface area contributed by atoms with Crippen molar-refractivity contribution in [1.29, 1.82) is 0 Å². The van der Waals surface area contributed by atoms with Crippen LogP contribution in [0.15, 0.2) is 42.5 Å². The van der Waals surface area contributed by atoms with Gasteiger partial charge < -0.3 is 10.2 Å². The number of hydrogen-bond donors (Lipinski definition) is 1. The van der Waals surface area contributed by atoms with Gasteiger partial charge in [0.05, 0.1) is 16.9 Å². The molecule has 0 bridgehead atoms. The van der Waals surface area contributed by atoms with E-state index in [2.05, 4.69) is 10.2 Å². The lowest BCUT2D eigenvalue weighted by molar-refractivity contribution is -0.384. The zero-order valence-electron chi connectivity index (χ0n) is 17.7. The number of carbonyl (C=O) groups is 1. The number of nitro benzene ring substituents is 1. The van der Waals surface area contributed by atoms with E-state index in [4.69, 9.17) is 0 Å². The first kappa shape index (κ1) is 22.5. The van der Waals surface area contributed by atoms with Crippen LogP contribution in [0.5, 0.6) is 0 Å². The molecule has 1 fully saturated rings. The highest BCUT2D eigenvalue weighted by Gasteiger charge is 2.31. The van der Waals surface area contributed by atoms with Gasteiger partial charge in [-0.3, -0.25) is 19.2 Å². The van der Waals surface area contributed by atoms with Gasteiger partial charge in [0.25, 0.3) is 5.69 Å². The van der Waals surface area contributed by atoms with Crippen molar-refractivity contribution in [2.45, 2.75) is 32.7 Å². The third-order valence-electron chi connectivity index (χ3n) is 5.34. The average Bonchev–Trinajstić information content (AvgIpc) is 3.23. The number of carbonyl (C=O) groups excluding carboxylic acids is 1. The van der Waals surface area contributed by atoms with Gasteiger partial charge in [0.2, 0.25) is 15.9 Å². The number of benzene rings is 2. The molecule has 0 saturated carbocycles. The Balaban J connectivity index is 1.84. The van der Waals surface area contributed by atoms with Gasteiger partial charge in [0, 0.05) is 36.6 Å². The monoisotopic (exact) mass is 446 g/mol. The summed E-state index contributed by atoms with van der Waals surface area (Å²) < 4.78 is 26.0. The van der Waals surface area contributed by atoms with Crippen molar-refractivity contribution in [2.24, 2.45) is 0 Å². The number of sulfonamides is 1. The topological polar surface area (TPSA) is 113 Å². The molecule has 1 amide bonds. The Bertz CT molecular complexity index is 1080. The molecule has 3 rings (SSSR count). The number of non-ortho nitro benzene ring substituents is 1. The number of aryl methyl sites for hydroxylation is 1. The summed E-state index contributed by atoms with van der Waals surface area (Å²) in [4.78, 5) is 25.7. The van der Waals surface area contributed by atoms with Crippen LogP contribution in [-0.2, 0) is 14.8 Å². The first-order chi connectivity index (χ1) is 14.6. The van der Waals surface area contributed by atoms with Crippen LogP contribution in [0.1, 0.15) is 25.3 Å². The fourth-order valence-electron chi connectivity index (χ4n) is 3.71. The van der Waals surface area contributed by atoms with Crippen LogP contribution in [0, 0.1) is 17.0 Å². The average molecular weight is 447 g/mol. The van der Waals surface area contributed by atoms with Crippen molar-refractivity contribution in [3.8, 4) is 0 Å². The van der Waals surface area contributed by atoms with Gasteiger partial charge in [0.15, 0.2) is 0 Å². The highest BCUT2D eigenvalue weighted by molar-refractivity contribution is 7.92. The summed E-state index contributed by atoms with van der Waals surface area (Å²) in [5, 5.41) is 13.9. The van der Waals surface area contributed by atoms with Gasteiger partial charge in [-0.1, -0.05) is 6.07 Å². The summed E-state index contributed by atoms with van der Waals surface area (Å²) in [6.07, 6.45) is 3.29. The molecule has 9 nitrogen and oxygen atoms in total. The molecule has 1 heterocycles. The van der Waals surface area contributed by atoms with Crippen LogP contribution in [0.25, 0.3) is 0 Å². The summed E-state index contributed by atoms with van der Waals surface area (Å²) >= 11 is 0. The van der Waals surface area contributed by atoms with Gasteiger partial charge in [-0.25, -0.2) is 8.42 Å². The molecule has 31 heavy (non-hydrogen) atoms. The molecule has 0 radical (unpaired) electrons. The third-order valence-corrected chi connectivity index (χ3v) is 6.56. The highest BCUT2D eigenvalue weighted by atomic mass is 32.2. The van der Waals surface area contributed by atoms with E-state index in [9.17, 15) is 23.3 Å². The van der Waals surface area contributed by atoms with Crippen molar-refractivity contribution in [1.82, 2.24) is 0 Å². The molecule has 2 aromatic rings. The van der Waals surface area contributed by atoms with E-state index in [1.165, 1.54) is 25.1 Å². The molecule has 1 atom stereocenters. The Morgan fingerprint density at radius 1 is 1.16 bits per heavy atom. The molecule has 1 aliphatic rings. The molecular formula is C21H26N4O5S. The summed E-state index contributed by atoms with van der Waals surface area (Å²) in [6, 6.07) is 10.2. The van der Waals surface area contributed by atoms with E-state index in [0.29, 0.717) is 11.3 Å². The third kappa shape index (κ3) is 5.13. The molecule has 1 N–H and O–H groups in total. The molecule has 0 spiro atoms. The minimum absolute atomic E-state index is 0.101. The smallest absolute Gasteiger partial charge is 0.271 e. The Hall–Kier alpha value is -3.14. The van der Waals surface area contributed by atoms with E-state index >= 15 is 0 Å². The number of nitro groups is 1. The van der Waals surface area contributed by atoms with E-state index in [0.717, 1.165) is 42.2 Å². The van der Waals surface area contributed by atoms with Crippen LogP contribution in [0.2, 0.25) is 0 Å². The minimum atomic E-state index is -3.89. The largest absolute Gasteiger partial charge is 0.372 e.